The molecule has 1 aromatic rings. The third-order valence-electron chi connectivity index (χ3n) is 1.93. The number of rotatable bonds is 2. The highest BCUT2D eigenvalue weighted by atomic mass is 79.9. The van der Waals surface area contributed by atoms with Crippen LogP contribution in [0.5, 0.6) is 0 Å². The average molecular weight is 243 g/mol. The van der Waals surface area contributed by atoms with E-state index in [4.69, 9.17) is 9.84 Å². The van der Waals surface area contributed by atoms with Crippen molar-refractivity contribution in [1.29, 1.82) is 0 Å². The zero-order chi connectivity index (χ0) is 9.42. The lowest BCUT2D eigenvalue weighted by molar-refractivity contribution is -0.138. The fourth-order valence-corrected chi connectivity index (χ4v) is 1.47. The number of hydrogen-bond acceptors (Lipinski definition) is 2. The van der Waals surface area contributed by atoms with Crippen LogP contribution in [0.3, 0.4) is 0 Å². The third kappa shape index (κ3) is 1.73. The van der Waals surface area contributed by atoms with E-state index in [2.05, 4.69) is 15.9 Å². The molecule has 0 saturated carbocycles. The minimum absolute atomic E-state index is 0.259. The smallest absolute Gasteiger partial charge is 0.335 e. The van der Waals surface area contributed by atoms with Crippen LogP contribution in [0.1, 0.15) is 11.7 Å². The number of carboxylic acid groups (broad SMARTS) is 1. The van der Waals surface area contributed by atoms with Gasteiger partial charge in [0.15, 0.2) is 6.10 Å². The molecule has 13 heavy (non-hydrogen) atoms. The van der Waals surface area contributed by atoms with E-state index in [0.29, 0.717) is 0 Å². The van der Waals surface area contributed by atoms with E-state index in [9.17, 15) is 4.79 Å². The van der Waals surface area contributed by atoms with Crippen LogP contribution in [0.25, 0.3) is 0 Å². The van der Waals surface area contributed by atoms with Crippen molar-refractivity contribution in [2.24, 2.45) is 0 Å². The molecule has 68 valence electrons. The van der Waals surface area contributed by atoms with Gasteiger partial charge >= 0.3 is 5.97 Å². The van der Waals surface area contributed by atoms with Crippen molar-refractivity contribution in [3.8, 4) is 0 Å². The molecule has 0 bridgehead atoms. The first-order valence-electron chi connectivity index (χ1n) is 3.82. The van der Waals surface area contributed by atoms with Gasteiger partial charge in [-0.3, -0.25) is 0 Å². The summed E-state index contributed by atoms with van der Waals surface area (Å²) in [5.41, 5.74) is 0.913. The Morgan fingerprint density at radius 3 is 2.46 bits per heavy atom. The lowest BCUT2D eigenvalue weighted by atomic mass is 10.1. The first kappa shape index (κ1) is 8.72. The Kier molecular flexibility index (Phi) is 2.09. The molecule has 1 saturated heterocycles. The Bertz CT molecular complexity index is 333. The molecule has 1 N–H and O–H groups in total. The number of benzene rings is 1. The van der Waals surface area contributed by atoms with Crippen LogP contribution >= 0.6 is 15.9 Å². The van der Waals surface area contributed by atoms with Gasteiger partial charge in [0.1, 0.15) is 6.10 Å². The molecule has 2 rings (SSSR count). The summed E-state index contributed by atoms with van der Waals surface area (Å²) in [6.07, 6.45) is -0.910. The van der Waals surface area contributed by atoms with Crippen LogP contribution in [0.4, 0.5) is 0 Å². The molecule has 1 fully saturated rings. The van der Waals surface area contributed by atoms with Gasteiger partial charge in [0.05, 0.1) is 0 Å². The molecule has 0 amide bonds. The third-order valence-corrected chi connectivity index (χ3v) is 2.46. The molecule has 2 atom stereocenters. The molecule has 0 radical (unpaired) electrons. The van der Waals surface area contributed by atoms with E-state index in [-0.39, 0.29) is 6.10 Å². The topological polar surface area (TPSA) is 49.8 Å². The van der Waals surface area contributed by atoms with Crippen LogP contribution in [-0.4, -0.2) is 17.2 Å². The summed E-state index contributed by atoms with van der Waals surface area (Å²) in [6, 6.07) is 7.46. The lowest BCUT2D eigenvalue weighted by Crippen LogP contribution is -2.04. The second-order valence-corrected chi connectivity index (χ2v) is 3.78. The van der Waals surface area contributed by atoms with Crippen LogP contribution < -0.4 is 0 Å². The quantitative estimate of drug-likeness (QED) is 0.808. The molecular weight excluding hydrogens is 236 g/mol. The van der Waals surface area contributed by atoms with Crippen molar-refractivity contribution in [3.63, 3.8) is 0 Å². The Morgan fingerprint density at radius 1 is 1.38 bits per heavy atom. The predicted molar refractivity (Wildman–Crippen MR) is 49.4 cm³/mol. The normalized spacial score (nSPS) is 25.6. The summed E-state index contributed by atoms with van der Waals surface area (Å²) in [5, 5.41) is 8.61. The number of ether oxygens (including phenoxy) is 1. The SMILES string of the molecule is O=C(O)C1OC1c1ccc(Br)cc1. The van der Waals surface area contributed by atoms with Crippen molar-refractivity contribution in [2.45, 2.75) is 12.2 Å². The molecule has 0 aliphatic carbocycles. The minimum atomic E-state index is -0.895. The van der Waals surface area contributed by atoms with Crippen LogP contribution in [-0.2, 0) is 9.53 Å². The Balaban J connectivity index is 2.12. The Labute approximate surface area is 83.5 Å². The van der Waals surface area contributed by atoms with Gasteiger partial charge in [-0.05, 0) is 17.7 Å². The lowest BCUT2D eigenvalue weighted by Gasteiger charge is -1.94. The molecule has 1 heterocycles. The number of epoxide rings is 1. The molecule has 1 aliphatic heterocycles. The molecule has 1 aliphatic rings. The van der Waals surface area contributed by atoms with E-state index in [1.54, 1.807) is 0 Å². The van der Waals surface area contributed by atoms with Crippen LogP contribution in [0.15, 0.2) is 28.7 Å². The van der Waals surface area contributed by atoms with E-state index in [1.165, 1.54) is 0 Å². The summed E-state index contributed by atoms with van der Waals surface area (Å²) < 4.78 is 5.97. The maximum Gasteiger partial charge on any atom is 0.335 e. The van der Waals surface area contributed by atoms with Crippen LogP contribution in [0.2, 0.25) is 0 Å². The summed E-state index contributed by atoms with van der Waals surface area (Å²) in [4.78, 5) is 10.5. The Morgan fingerprint density at radius 2 is 2.00 bits per heavy atom. The van der Waals surface area contributed by atoms with E-state index >= 15 is 0 Å². The molecule has 4 heteroatoms. The molecule has 2 unspecified atom stereocenters. The maximum atomic E-state index is 10.5. The van der Waals surface area contributed by atoms with Gasteiger partial charge in [0, 0.05) is 4.47 Å². The maximum absolute atomic E-state index is 10.5. The van der Waals surface area contributed by atoms with Gasteiger partial charge < -0.3 is 9.84 Å². The van der Waals surface area contributed by atoms with Gasteiger partial charge in [-0.15, -0.1) is 0 Å². The van der Waals surface area contributed by atoms with Gasteiger partial charge in [-0.1, -0.05) is 28.1 Å². The highest BCUT2D eigenvalue weighted by Crippen LogP contribution is 2.38. The predicted octanol–water partition coefficient (Wildman–Crippen LogP) is 1.97. The second-order valence-electron chi connectivity index (χ2n) is 2.87. The zero-order valence-electron chi connectivity index (χ0n) is 6.61. The summed E-state index contributed by atoms with van der Waals surface area (Å²) in [7, 11) is 0. The largest absolute Gasteiger partial charge is 0.479 e. The van der Waals surface area contributed by atoms with Gasteiger partial charge in [-0.2, -0.15) is 0 Å². The summed E-state index contributed by atoms with van der Waals surface area (Å²) in [6.45, 7) is 0. The first-order chi connectivity index (χ1) is 6.18. The second kappa shape index (κ2) is 3.12. The number of halogens is 1. The van der Waals surface area contributed by atoms with Crippen molar-refractivity contribution in [1.82, 2.24) is 0 Å². The fourth-order valence-electron chi connectivity index (χ4n) is 1.21. The van der Waals surface area contributed by atoms with Gasteiger partial charge in [0.2, 0.25) is 0 Å². The van der Waals surface area contributed by atoms with Gasteiger partial charge in [-0.25, -0.2) is 4.79 Å². The molecular formula is C9H7BrO3. The van der Waals surface area contributed by atoms with Crippen molar-refractivity contribution >= 4 is 21.9 Å². The fraction of sp³-hybridized carbons (Fsp3) is 0.222. The standard InChI is InChI=1S/C9H7BrO3/c10-6-3-1-5(2-4-6)7-8(13-7)9(11)12/h1-4,7-8H,(H,11,12). The molecule has 0 aromatic heterocycles. The van der Waals surface area contributed by atoms with Crippen molar-refractivity contribution in [2.75, 3.05) is 0 Å². The van der Waals surface area contributed by atoms with E-state index in [1.807, 2.05) is 24.3 Å². The van der Waals surface area contributed by atoms with Crippen LogP contribution in [0, 0.1) is 0 Å². The van der Waals surface area contributed by atoms with Crippen molar-refractivity contribution < 1.29 is 14.6 Å². The number of carboxylic acids is 1. The van der Waals surface area contributed by atoms with E-state index < -0.39 is 12.1 Å². The molecule has 0 spiro atoms. The highest BCUT2D eigenvalue weighted by molar-refractivity contribution is 9.10. The summed E-state index contributed by atoms with van der Waals surface area (Å²) >= 11 is 3.30. The average Bonchev–Trinajstić information content (AvgIpc) is 2.85. The first-order valence-corrected chi connectivity index (χ1v) is 4.61. The molecule has 1 aromatic carbocycles. The molecule has 3 nitrogen and oxygen atoms in total. The van der Waals surface area contributed by atoms with Gasteiger partial charge in [0.25, 0.3) is 0 Å². The monoisotopic (exact) mass is 242 g/mol. The zero-order valence-corrected chi connectivity index (χ0v) is 8.19. The number of carbonyl (C=O) groups is 1. The van der Waals surface area contributed by atoms with E-state index in [0.717, 1.165) is 10.0 Å². The number of hydrogen-bond donors (Lipinski definition) is 1. The summed E-state index contributed by atoms with van der Waals surface area (Å²) in [5.74, 6) is -0.895. The Hall–Kier alpha value is -0.870. The van der Waals surface area contributed by atoms with Crippen molar-refractivity contribution in [3.05, 3.63) is 34.3 Å². The minimum Gasteiger partial charge on any atom is -0.479 e. The highest BCUT2D eigenvalue weighted by Gasteiger charge is 2.46. The number of aliphatic carboxylic acids is 1.